The van der Waals surface area contributed by atoms with E-state index in [2.05, 4.69) is 29.0 Å². The van der Waals surface area contributed by atoms with Gasteiger partial charge in [0, 0.05) is 20.1 Å². The van der Waals surface area contributed by atoms with E-state index in [0.717, 1.165) is 24.6 Å². The van der Waals surface area contributed by atoms with Gasteiger partial charge in [0.1, 0.15) is 5.82 Å². The predicted octanol–water partition coefficient (Wildman–Crippen LogP) is 1.43. The summed E-state index contributed by atoms with van der Waals surface area (Å²) >= 11 is 5.04. The molecule has 0 bridgehead atoms. The molecular formula is C11H19N5S. The van der Waals surface area contributed by atoms with Crippen LogP contribution in [0.2, 0.25) is 0 Å². The van der Waals surface area contributed by atoms with Gasteiger partial charge < -0.3 is 10.2 Å². The number of nitrogens with zero attached hydrogens (tertiary/aromatic N) is 3. The number of hydrogen-bond donors (Lipinski definition) is 2. The third kappa shape index (κ3) is 3.83. The van der Waals surface area contributed by atoms with Crippen molar-refractivity contribution in [2.45, 2.75) is 13.8 Å². The lowest BCUT2D eigenvalue weighted by atomic mass is 10.3. The van der Waals surface area contributed by atoms with E-state index in [1.807, 2.05) is 12.1 Å². The summed E-state index contributed by atoms with van der Waals surface area (Å²) in [7, 11) is 1.69. The van der Waals surface area contributed by atoms with Crippen LogP contribution in [0.25, 0.3) is 0 Å². The van der Waals surface area contributed by atoms with Crippen molar-refractivity contribution in [1.82, 2.24) is 9.99 Å². The summed E-state index contributed by atoms with van der Waals surface area (Å²) < 4.78 is 0. The molecule has 1 heterocycles. The van der Waals surface area contributed by atoms with E-state index < -0.39 is 0 Å². The van der Waals surface area contributed by atoms with Gasteiger partial charge in [-0.3, -0.25) is 5.01 Å². The Hall–Kier alpha value is -1.40. The monoisotopic (exact) mass is 253 g/mol. The highest BCUT2D eigenvalue weighted by Gasteiger charge is 2.04. The normalized spacial score (nSPS) is 9.88. The zero-order valence-corrected chi connectivity index (χ0v) is 11.3. The maximum atomic E-state index is 5.51. The van der Waals surface area contributed by atoms with Gasteiger partial charge in [-0.2, -0.15) is 0 Å². The first-order chi connectivity index (χ1) is 8.08. The first kappa shape index (κ1) is 13.7. The number of hydrazine groups is 1. The Bertz CT molecular complexity index is 359. The number of aromatic nitrogens is 1. The number of nitrogens with one attached hydrogen (secondary N) is 1. The number of thiocarbonyl (C=S) groups is 1. The first-order valence-electron chi connectivity index (χ1n) is 5.58. The molecule has 0 aliphatic heterocycles. The summed E-state index contributed by atoms with van der Waals surface area (Å²) in [4.78, 5) is 6.56. The van der Waals surface area contributed by atoms with Crippen molar-refractivity contribution in [2.24, 2.45) is 5.84 Å². The number of pyridine rings is 1. The maximum Gasteiger partial charge on any atom is 0.187 e. The van der Waals surface area contributed by atoms with E-state index in [9.17, 15) is 0 Å². The van der Waals surface area contributed by atoms with Crippen molar-refractivity contribution in [3.8, 4) is 0 Å². The number of anilines is 2. The molecule has 0 atom stereocenters. The lowest BCUT2D eigenvalue weighted by Gasteiger charge is -2.20. The molecular weight excluding hydrogens is 234 g/mol. The van der Waals surface area contributed by atoms with Gasteiger partial charge in [0.2, 0.25) is 0 Å². The van der Waals surface area contributed by atoms with Crippen LogP contribution in [0.15, 0.2) is 18.3 Å². The van der Waals surface area contributed by atoms with Crippen LogP contribution in [0.4, 0.5) is 11.5 Å². The van der Waals surface area contributed by atoms with Gasteiger partial charge in [-0.15, -0.1) is 0 Å². The number of nitrogens with two attached hydrogens (primary N) is 1. The smallest absolute Gasteiger partial charge is 0.187 e. The molecule has 0 saturated carbocycles. The standard InChI is InChI=1S/C11H19N5S/c1-4-16(5-2)10-7-6-9(8-13-10)14-11(17)15(3)12/h6-8H,4-5,12H2,1-3H3,(H,14,17). The van der Waals surface area contributed by atoms with Gasteiger partial charge in [0.05, 0.1) is 11.9 Å². The summed E-state index contributed by atoms with van der Waals surface area (Å²) in [6.45, 7) is 6.10. The van der Waals surface area contributed by atoms with Gasteiger partial charge in [0.15, 0.2) is 5.11 Å². The van der Waals surface area contributed by atoms with E-state index in [-0.39, 0.29) is 0 Å². The van der Waals surface area contributed by atoms with Gasteiger partial charge in [-0.25, -0.2) is 10.8 Å². The molecule has 6 heteroatoms. The van der Waals surface area contributed by atoms with E-state index in [0.29, 0.717) is 5.11 Å². The Morgan fingerprint density at radius 1 is 1.41 bits per heavy atom. The first-order valence-corrected chi connectivity index (χ1v) is 5.99. The lowest BCUT2D eigenvalue weighted by molar-refractivity contribution is 0.548. The summed E-state index contributed by atoms with van der Waals surface area (Å²) in [5, 5.41) is 4.81. The van der Waals surface area contributed by atoms with E-state index in [1.54, 1.807) is 13.2 Å². The molecule has 3 N–H and O–H groups in total. The van der Waals surface area contributed by atoms with Crippen LogP contribution in [0, 0.1) is 0 Å². The van der Waals surface area contributed by atoms with Crippen molar-refractivity contribution in [3.63, 3.8) is 0 Å². The minimum atomic E-state index is 0.461. The molecule has 17 heavy (non-hydrogen) atoms. The summed E-state index contributed by atoms with van der Waals surface area (Å²) in [6.07, 6.45) is 1.75. The second kappa shape index (κ2) is 6.36. The van der Waals surface area contributed by atoms with Crippen LogP contribution >= 0.6 is 12.2 Å². The van der Waals surface area contributed by atoms with Crippen molar-refractivity contribution < 1.29 is 0 Å². The zero-order valence-electron chi connectivity index (χ0n) is 10.5. The zero-order chi connectivity index (χ0) is 12.8. The molecule has 0 aliphatic carbocycles. The largest absolute Gasteiger partial charge is 0.357 e. The summed E-state index contributed by atoms with van der Waals surface area (Å²) in [5.41, 5.74) is 0.836. The molecule has 5 nitrogen and oxygen atoms in total. The summed E-state index contributed by atoms with van der Waals surface area (Å²) in [5.74, 6) is 6.47. The highest BCUT2D eigenvalue weighted by molar-refractivity contribution is 7.80. The lowest BCUT2D eigenvalue weighted by Crippen LogP contribution is -2.36. The van der Waals surface area contributed by atoms with Crippen LogP contribution in [-0.4, -0.2) is 35.2 Å². The Morgan fingerprint density at radius 2 is 2.06 bits per heavy atom. The predicted molar refractivity (Wildman–Crippen MR) is 76.0 cm³/mol. The van der Waals surface area contributed by atoms with Crippen LogP contribution in [0.1, 0.15) is 13.8 Å². The van der Waals surface area contributed by atoms with E-state index in [1.165, 1.54) is 5.01 Å². The number of hydrogen-bond acceptors (Lipinski definition) is 4. The SMILES string of the molecule is CCN(CC)c1ccc(NC(=S)N(C)N)cn1. The Balaban J connectivity index is 2.71. The van der Waals surface area contributed by atoms with Crippen molar-refractivity contribution in [2.75, 3.05) is 30.4 Å². The van der Waals surface area contributed by atoms with Crippen LogP contribution in [0.3, 0.4) is 0 Å². The molecule has 0 spiro atoms. The van der Waals surface area contributed by atoms with Crippen molar-refractivity contribution in [3.05, 3.63) is 18.3 Å². The van der Waals surface area contributed by atoms with Crippen LogP contribution in [-0.2, 0) is 0 Å². The van der Waals surface area contributed by atoms with Crippen molar-refractivity contribution >= 4 is 28.8 Å². The van der Waals surface area contributed by atoms with Gasteiger partial charge in [-0.05, 0) is 38.2 Å². The molecule has 0 unspecified atom stereocenters. The molecule has 0 aliphatic rings. The third-order valence-electron chi connectivity index (χ3n) is 2.41. The highest BCUT2D eigenvalue weighted by atomic mass is 32.1. The molecule has 0 radical (unpaired) electrons. The second-order valence-corrected chi connectivity index (χ2v) is 4.01. The van der Waals surface area contributed by atoms with Gasteiger partial charge >= 0.3 is 0 Å². The molecule has 0 saturated heterocycles. The molecule has 0 aromatic carbocycles. The van der Waals surface area contributed by atoms with Gasteiger partial charge in [0.25, 0.3) is 0 Å². The molecule has 0 amide bonds. The highest BCUT2D eigenvalue weighted by Crippen LogP contribution is 2.13. The van der Waals surface area contributed by atoms with Crippen LogP contribution < -0.4 is 16.1 Å². The molecule has 1 aromatic rings. The average molecular weight is 253 g/mol. The minimum absolute atomic E-state index is 0.461. The Labute approximate surface area is 108 Å². The van der Waals surface area contributed by atoms with Crippen LogP contribution in [0.5, 0.6) is 0 Å². The fraction of sp³-hybridized carbons (Fsp3) is 0.455. The van der Waals surface area contributed by atoms with Crippen molar-refractivity contribution in [1.29, 1.82) is 0 Å². The molecule has 1 rings (SSSR count). The fourth-order valence-corrected chi connectivity index (χ4v) is 1.52. The minimum Gasteiger partial charge on any atom is -0.357 e. The number of rotatable bonds is 4. The Kier molecular flexibility index (Phi) is 5.11. The maximum absolute atomic E-state index is 5.51. The fourth-order valence-electron chi connectivity index (χ4n) is 1.41. The van der Waals surface area contributed by atoms with E-state index >= 15 is 0 Å². The quantitative estimate of drug-likeness (QED) is 0.481. The van der Waals surface area contributed by atoms with Gasteiger partial charge in [-0.1, -0.05) is 0 Å². The Morgan fingerprint density at radius 3 is 2.47 bits per heavy atom. The summed E-state index contributed by atoms with van der Waals surface area (Å²) in [6, 6.07) is 3.91. The molecule has 94 valence electrons. The molecule has 1 aromatic heterocycles. The molecule has 0 fully saturated rings. The third-order valence-corrected chi connectivity index (χ3v) is 2.80. The average Bonchev–Trinajstić information content (AvgIpc) is 2.32. The van der Waals surface area contributed by atoms with E-state index in [4.69, 9.17) is 18.1 Å². The topological polar surface area (TPSA) is 57.4 Å². The second-order valence-electron chi connectivity index (χ2n) is 3.62.